The second kappa shape index (κ2) is 7.37. The molecule has 0 unspecified atom stereocenters. The third-order valence-corrected chi connectivity index (χ3v) is 4.39. The summed E-state index contributed by atoms with van der Waals surface area (Å²) in [6, 6.07) is 13.7. The van der Waals surface area contributed by atoms with Crippen molar-refractivity contribution in [3.05, 3.63) is 60.2 Å². The highest BCUT2D eigenvalue weighted by atomic mass is 16.4. The number of benzene rings is 2. The largest absolute Gasteiger partial charge is 0.480 e. The number of amides is 1. The van der Waals surface area contributed by atoms with Crippen LogP contribution in [0.1, 0.15) is 10.4 Å². The van der Waals surface area contributed by atoms with Crippen molar-refractivity contribution in [1.29, 1.82) is 0 Å². The summed E-state index contributed by atoms with van der Waals surface area (Å²) >= 11 is 0. The fourth-order valence-corrected chi connectivity index (χ4v) is 3.10. The quantitative estimate of drug-likeness (QED) is 0.764. The number of nitrogens with one attached hydrogen (secondary N) is 1. The second-order valence-electron chi connectivity index (χ2n) is 6.00. The van der Waals surface area contributed by atoms with Crippen molar-refractivity contribution >= 4 is 17.8 Å². The average molecular weight is 354 g/mol. The molecule has 1 amide bonds. The monoisotopic (exact) mass is 354 g/mol. The van der Waals surface area contributed by atoms with Gasteiger partial charge in [0.05, 0.1) is 0 Å². The molecule has 1 aliphatic heterocycles. The van der Waals surface area contributed by atoms with Gasteiger partial charge in [-0.3, -0.25) is 9.59 Å². The Morgan fingerprint density at radius 1 is 0.885 bits per heavy atom. The third kappa shape index (κ3) is 3.43. The molecule has 1 fully saturated rings. The van der Waals surface area contributed by atoms with E-state index in [4.69, 9.17) is 0 Å². The summed E-state index contributed by atoms with van der Waals surface area (Å²) in [4.78, 5) is 36.7. The summed E-state index contributed by atoms with van der Waals surface area (Å²) in [7, 11) is 0. The highest BCUT2D eigenvalue weighted by Gasteiger charge is 2.43. The Hall–Kier alpha value is -3.19. The van der Waals surface area contributed by atoms with E-state index in [1.54, 1.807) is 24.3 Å². The van der Waals surface area contributed by atoms with Gasteiger partial charge in [0.2, 0.25) is 0 Å². The number of piperazine rings is 1. The number of carboxylic acid groups (broad SMARTS) is 2. The SMILES string of the molecule is O=C(O)[C@@H]1[C@H](C(=O)O)NCCN1C(=O)c1ccc(-c2ccccc2)cc1. The van der Waals surface area contributed by atoms with Gasteiger partial charge >= 0.3 is 11.9 Å². The maximum absolute atomic E-state index is 12.8. The minimum atomic E-state index is -1.46. The summed E-state index contributed by atoms with van der Waals surface area (Å²) in [5, 5.41) is 21.3. The molecule has 0 aromatic heterocycles. The maximum Gasteiger partial charge on any atom is 0.328 e. The van der Waals surface area contributed by atoms with Crippen LogP contribution in [0.2, 0.25) is 0 Å². The van der Waals surface area contributed by atoms with Gasteiger partial charge in [-0.15, -0.1) is 0 Å². The third-order valence-electron chi connectivity index (χ3n) is 4.39. The van der Waals surface area contributed by atoms with E-state index < -0.39 is 29.9 Å². The van der Waals surface area contributed by atoms with E-state index in [0.717, 1.165) is 16.0 Å². The Bertz CT molecular complexity index is 820. The second-order valence-corrected chi connectivity index (χ2v) is 6.00. The minimum absolute atomic E-state index is 0.125. The van der Waals surface area contributed by atoms with Crippen LogP contribution < -0.4 is 5.32 Å². The molecular formula is C19H18N2O5. The zero-order chi connectivity index (χ0) is 18.7. The lowest BCUT2D eigenvalue weighted by atomic mass is 10.0. The highest BCUT2D eigenvalue weighted by molar-refractivity contribution is 5.98. The summed E-state index contributed by atoms with van der Waals surface area (Å²) < 4.78 is 0. The van der Waals surface area contributed by atoms with Crippen LogP contribution in [0, 0.1) is 0 Å². The van der Waals surface area contributed by atoms with E-state index in [9.17, 15) is 24.6 Å². The molecule has 0 aliphatic carbocycles. The van der Waals surface area contributed by atoms with Crippen molar-refractivity contribution in [2.75, 3.05) is 13.1 Å². The zero-order valence-corrected chi connectivity index (χ0v) is 13.8. The molecule has 0 saturated carbocycles. The van der Waals surface area contributed by atoms with Crippen LogP contribution in [0.4, 0.5) is 0 Å². The molecule has 0 radical (unpaired) electrons. The van der Waals surface area contributed by atoms with E-state index >= 15 is 0 Å². The molecule has 1 saturated heterocycles. The summed E-state index contributed by atoms with van der Waals surface area (Å²) in [5.41, 5.74) is 2.26. The first kappa shape index (κ1) is 17.6. The van der Waals surface area contributed by atoms with Gasteiger partial charge in [0, 0.05) is 18.7 Å². The Kier molecular flexibility index (Phi) is 4.99. The van der Waals surface area contributed by atoms with Crippen molar-refractivity contribution in [3.63, 3.8) is 0 Å². The van der Waals surface area contributed by atoms with Crippen molar-refractivity contribution in [3.8, 4) is 11.1 Å². The van der Waals surface area contributed by atoms with Gasteiger partial charge in [-0.05, 0) is 23.3 Å². The normalized spacial score (nSPS) is 19.8. The average Bonchev–Trinajstić information content (AvgIpc) is 2.67. The first-order chi connectivity index (χ1) is 12.5. The molecule has 0 spiro atoms. The Labute approximate surface area is 149 Å². The first-order valence-corrected chi connectivity index (χ1v) is 8.14. The van der Waals surface area contributed by atoms with Crippen LogP contribution in [-0.4, -0.2) is 58.1 Å². The molecule has 7 nitrogen and oxygen atoms in total. The Morgan fingerprint density at radius 2 is 1.50 bits per heavy atom. The van der Waals surface area contributed by atoms with Gasteiger partial charge in [0.25, 0.3) is 5.91 Å². The van der Waals surface area contributed by atoms with Crippen LogP contribution in [-0.2, 0) is 9.59 Å². The minimum Gasteiger partial charge on any atom is -0.480 e. The molecule has 2 atom stereocenters. The van der Waals surface area contributed by atoms with Crippen LogP contribution in [0.15, 0.2) is 54.6 Å². The number of hydrogen-bond donors (Lipinski definition) is 3. The number of carboxylic acids is 2. The van der Waals surface area contributed by atoms with Crippen LogP contribution >= 0.6 is 0 Å². The lowest BCUT2D eigenvalue weighted by molar-refractivity contribution is -0.152. The lowest BCUT2D eigenvalue weighted by Gasteiger charge is -2.37. The number of rotatable bonds is 4. The molecule has 1 aliphatic rings. The fourth-order valence-electron chi connectivity index (χ4n) is 3.10. The predicted molar refractivity (Wildman–Crippen MR) is 93.8 cm³/mol. The summed E-state index contributed by atoms with van der Waals surface area (Å²) in [6.07, 6.45) is 0. The van der Waals surface area contributed by atoms with Crippen LogP contribution in [0.25, 0.3) is 11.1 Å². The lowest BCUT2D eigenvalue weighted by Crippen LogP contribution is -2.65. The van der Waals surface area contributed by atoms with Crippen molar-refractivity contribution in [2.24, 2.45) is 0 Å². The molecule has 7 heteroatoms. The number of nitrogens with zero attached hydrogens (tertiary/aromatic N) is 1. The molecule has 3 rings (SSSR count). The Balaban J connectivity index is 1.85. The summed E-state index contributed by atoms with van der Waals surface area (Å²) in [6.45, 7) is 0.342. The number of aliphatic carboxylic acids is 2. The van der Waals surface area contributed by atoms with E-state index in [2.05, 4.69) is 5.32 Å². The van der Waals surface area contributed by atoms with Gasteiger partial charge in [-0.1, -0.05) is 42.5 Å². The van der Waals surface area contributed by atoms with E-state index in [-0.39, 0.29) is 13.1 Å². The van der Waals surface area contributed by atoms with Gasteiger partial charge in [0.1, 0.15) is 6.04 Å². The van der Waals surface area contributed by atoms with Crippen LogP contribution in [0.5, 0.6) is 0 Å². The van der Waals surface area contributed by atoms with Gasteiger partial charge in [-0.2, -0.15) is 0 Å². The number of hydrogen-bond acceptors (Lipinski definition) is 4. The smallest absolute Gasteiger partial charge is 0.328 e. The number of carbonyl (C=O) groups excluding carboxylic acids is 1. The van der Waals surface area contributed by atoms with Gasteiger partial charge in [-0.25, -0.2) is 4.79 Å². The highest BCUT2D eigenvalue weighted by Crippen LogP contribution is 2.21. The van der Waals surface area contributed by atoms with E-state index in [1.807, 2.05) is 30.3 Å². The van der Waals surface area contributed by atoms with E-state index in [0.29, 0.717) is 5.56 Å². The molecule has 1 heterocycles. The maximum atomic E-state index is 12.8. The fraction of sp³-hybridized carbons (Fsp3) is 0.211. The van der Waals surface area contributed by atoms with Crippen LogP contribution in [0.3, 0.4) is 0 Å². The standard InChI is InChI=1S/C19H18N2O5/c22-17(21-11-10-20-15(18(23)24)16(21)19(25)26)14-8-6-13(7-9-14)12-4-2-1-3-5-12/h1-9,15-16,20H,10-11H2,(H,23,24)(H,25,26)/t15-,16+/m1/s1. The first-order valence-electron chi connectivity index (χ1n) is 8.14. The molecule has 3 N–H and O–H groups in total. The molecule has 2 aromatic carbocycles. The van der Waals surface area contributed by atoms with Gasteiger partial charge < -0.3 is 20.4 Å². The molecular weight excluding hydrogens is 336 g/mol. The molecule has 2 aromatic rings. The van der Waals surface area contributed by atoms with E-state index in [1.165, 1.54) is 0 Å². The van der Waals surface area contributed by atoms with Gasteiger partial charge in [0.15, 0.2) is 6.04 Å². The summed E-state index contributed by atoms with van der Waals surface area (Å²) in [5.74, 6) is -3.14. The van der Waals surface area contributed by atoms with Crippen molar-refractivity contribution < 1.29 is 24.6 Å². The van der Waals surface area contributed by atoms with Crippen molar-refractivity contribution in [1.82, 2.24) is 10.2 Å². The predicted octanol–water partition coefficient (Wildman–Crippen LogP) is 1.31. The van der Waals surface area contributed by atoms with Crippen molar-refractivity contribution in [2.45, 2.75) is 12.1 Å². The number of carbonyl (C=O) groups is 3. The molecule has 134 valence electrons. The molecule has 0 bridgehead atoms. The Morgan fingerprint density at radius 3 is 2.08 bits per heavy atom. The zero-order valence-electron chi connectivity index (χ0n) is 13.8. The molecule has 26 heavy (non-hydrogen) atoms. The topological polar surface area (TPSA) is 107 Å².